The summed E-state index contributed by atoms with van der Waals surface area (Å²) >= 11 is 0. The van der Waals surface area contributed by atoms with Gasteiger partial charge in [0.25, 0.3) is 0 Å². The van der Waals surface area contributed by atoms with Gasteiger partial charge in [-0.25, -0.2) is 4.39 Å². The van der Waals surface area contributed by atoms with E-state index in [9.17, 15) is 4.39 Å². The SMILES string of the molecule is CN[C@H]1C[C@H]1c1cc(F)ccc1OCC1CC1. The maximum Gasteiger partial charge on any atom is 0.123 e. The van der Waals surface area contributed by atoms with Crippen LogP contribution in [0.1, 0.15) is 30.7 Å². The molecule has 0 aromatic heterocycles. The van der Waals surface area contributed by atoms with Crippen molar-refractivity contribution in [1.82, 2.24) is 5.32 Å². The normalized spacial score (nSPS) is 26.9. The molecule has 17 heavy (non-hydrogen) atoms. The van der Waals surface area contributed by atoms with E-state index in [1.165, 1.54) is 18.9 Å². The molecule has 0 unspecified atom stereocenters. The second-order valence-corrected chi connectivity index (χ2v) is 5.17. The van der Waals surface area contributed by atoms with Crippen LogP contribution in [0.3, 0.4) is 0 Å². The second kappa shape index (κ2) is 4.30. The molecule has 92 valence electrons. The maximum absolute atomic E-state index is 13.3. The number of hydrogen-bond donors (Lipinski definition) is 1. The molecule has 2 nitrogen and oxygen atoms in total. The highest BCUT2D eigenvalue weighted by atomic mass is 19.1. The summed E-state index contributed by atoms with van der Waals surface area (Å²) in [7, 11) is 1.95. The lowest BCUT2D eigenvalue weighted by molar-refractivity contribution is 0.296. The molecule has 2 atom stereocenters. The number of benzene rings is 1. The molecular formula is C14H18FNO. The summed E-state index contributed by atoms with van der Waals surface area (Å²) in [6.45, 7) is 0.787. The Bertz CT molecular complexity index is 417. The molecular weight excluding hydrogens is 217 g/mol. The van der Waals surface area contributed by atoms with Crippen molar-refractivity contribution in [3.05, 3.63) is 29.6 Å². The fourth-order valence-corrected chi connectivity index (χ4v) is 2.29. The first-order chi connectivity index (χ1) is 8.28. The Hall–Kier alpha value is -1.09. The van der Waals surface area contributed by atoms with Gasteiger partial charge in [-0.15, -0.1) is 0 Å². The van der Waals surface area contributed by atoms with E-state index in [-0.39, 0.29) is 5.82 Å². The topological polar surface area (TPSA) is 21.3 Å². The van der Waals surface area contributed by atoms with E-state index in [4.69, 9.17) is 4.74 Å². The summed E-state index contributed by atoms with van der Waals surface area (Å²) in [6, 6.07) is 5.38. The first kappa shape index (κ1) is 11.0. The highest BCUT2D eigenvalue weighted by molar-refractivity contribution is 5.41. The maximum atomic E-state index is 13.3. The van der Waals surface area contributed by atoms with Crippen LogP contribution in [0, 0.1) is 11.7 Å². The zero-order chi connectivity index (χ0) is 11.8. The van der Waals surface area contributed by atoms with Gasteiger partial charge in [-0.05, 0) is 50.4 Å². The average molecular weight is 235 g/mol. The van der Waals surface area contributed by atoms with E-state index >= 15 is 0 Å². The molecule has 0 heterocycles. The molecule has 0 aliphatic heterocycles. The molecule has 0 saturated heterocycles. The van der Waals surface area contributed by atoms with E-state index in [1.807, 2.05) is 7.05 Å². The van der Waals surface area contributed by atoms with Crippen LogP contribution in [0.25, 0.3) is 0 Å². The Morgan fingerprint density at radius 3 is 2.88 bits per heavy atom. The molecule has 0 amide bonds. The first-order valence-electron chi connectivity index (χ1n) is 6.37. The number of hydrogen-bond acceptors (Lipinski definition) is 2. The summed E-state index contributed by atoms with van der Waals surface area (Å²) in [5, 5.41) is 3.23. The van der Waals surface area contributed by atoms with Crippen LogP contribution in [0.2, 0.25) is 0 Å². The lowest BCUT2D eigenvalue weighted by Crippen LogP contribution is -2.11. The van der Waals surface area contributed by atoms with E-state index in [0.29, 0.717) is 12.0 Å². The fourth-order valence-electron chi connectivity index (χ4n) is 2.29. The van der Waals surface area contributed by atoms with Crippen molar-refractivity contribution in [3.8, 4) is 5.75 Å². The van der Waals surface area contributed by atoms with Crippen molar-refractivity contribution in [3.63, 3.8) is 0 Å². The van der Waals surface area contributed by atoms with Gasteiger partial charge in [0.1, 0.15) is 11.6 Å². The van der Waals surface area contributed by atoms with E-state index in [0.717, 1.165) is 30.3 Å². The van der Waals surface area contributed by atoms with Crippen molar-refractivity contribution >= 4 is 0 Å². The Morgan fingerprint density at radius 1 is 1.41 bits per heavy atom. The van der Waals surface area contributed by atoms with Crippen molar-refractivity contribution in [2.45, 2.75) is 31.2 Å². The fraction of sp³-hybridized carbons (Fsp3) is 0.571. The summed E-state index contributed by atoms with van der Waals surface area (Å²) in [5.41, 5.74) is 1.03. The van der Waals surface area contributed by atoms with Gasteiger partial charge in [-0.2, -0.15) is 0 Å². The molecule has 1 aromatic rings. The minimum absolute atomic E-state index is 0.166. The molecule has 1 N–H and O–H groups in total. The highest BCUT2D eigenvalue weighted by Gasteiger charge is 2.39. The van der Waals surface area contributed by atoms with Crippen LogP contribution >= 0.6 is 0 Å². The number of halogens is 1. The van der Waals surface area contributed by atoms with Crippen LogP contribution in [-0.2, 0) is 0 Å². The van der Waals surface area contributed by atoms with Crippen LogP contribution in [-0.4, -0.2) is 19.7 Å². The molecule has 0 radical (unpaired) electrons. The number of likely N-dealkylation sites (N-methyl/N-ethyl adjacent to an activating group) is 1. The standard InChI is InChI=1S/C14H18FNO/c1-16-13-7-11(13)12-6-10(15)4-5-14(12)17-8-9-2-3-9/h4-6,9,11,13,16H,2-3,7-8H2,1H3/t11-,13-/m0/s1. The summed E-state index contributed by atoms with van der Waals surface area (Å²) in [6.07, 6.45) is 3.64. The summed E-state index contributed by atoms with van der Waals surface area (Å²) < 4.78 is 19.1. The van der Waals surface area contributed by atoms with E-state index < -0.39 is 0 Å². The zero-order valence-electron chi connectivity index (χ0n) is 10.1. The predicted molar refractivity (Wildman–Crippen MR) is 64.8 cm³/mol. The highest BCUT2D eigenvalue weighted by Crippen LogP contribution is 2.45. The second-order valence-electron chi connectivity index (χ2n) is 5.17. The lowest BCUT2D eigenvalue weighted by Gasteiger charge is -2.11. The van der Waals surface area contributed by atoms with Gasteiger partial charge < -0.3 is 10.1 Å². The van der Waals surface area contributed by atoms with Crippen molar-refractivity contribution in [1.29, 1.82) is 0 Å². The van der Waals surface area contributed by atoms with E-state index in [2.05, 4.69) is 5.32 Å². The quantitative estimate of drug-likeness (QED) is 0.847. The third-order valence-corrected chi connectivity index (χ3v) is 3.70. The Balaban J connectivity index is 1.75. The average Bonchev–Trinajstić information content (AvgIpc) is 3.21. The van der Waals surface area contributed by atoms with Crippen molar-refractivity contribution in [2.24, 2.45) is 5.92 Å². The molecule has 2 aliphatic carbocycles. The zero-order valence-corrected chi connectivity index (χ0v) is 10.1. The van der Waals surface area contributed by atoms with Crippen molar-refractivity contribution in [2.75, 3.05) is 13.7 Å². The molecule has 2 aliphatic rings. The summed E-state index contributed by atoms with van der Waals surface area (Å²) in [4.78, 5) is 0. The van der Waals surface area contributed by atoms with Gasteiger partial charge in [0.15, 0.2) is 0 Å². The first-order valence-corrected chi connectivity index (χ1v) is 6.37. The summed E-state index contributed by atoms with van der Waals surface area (Å²) in [5.74, 6) is 1.86. The van der Waals surface area contributed by atoms with Crippen LogP contribution < -0.4 is 10.1 Å². The van der Waals surface area contributed by atoms with Gasteiger partial charge in [0.05, 0.1) is 6.61 Å². The monoisotopic (exact) mass is 235 g/mol. The van der Waals surface area contributed by atoms with Gasteiger partial charge >= 0.3 is 0 Å². The van der Waals surface area contributed by atoms with E-state index in [1.54, 1.807) is 12.1 Å². The molecule has 2 saturated carbocycles. The van der Waals surface area contributed by atoms with Gasteiger partial charge in [-0.3, -0.25) is 0 Å². The minimum atomic E-state index is -0.166. The largest absolute Gasteiger partial charge is 0.493 e. The van der Waals surface area contributed by atoms with Gasteiger partial charge in [-0.1, -0.05) is 0 Å². The van der Waals surface area contributed by atoms with Crippen LogP contribution in [0.4, 0.5) is 4.39 Å². The minimum Gasteiger partial charge on any atom is -0.493 e. The smallest absolute Gasteiger partial charge is 0.123 e. The predicted octanol–water partition coefficient (Wildman–Crippen LogP) is 2.69. The number of ether oxygens (including phenoxy) is 1. The molecule has 1 aromatic carbocycles. The van der Waals surface area contributed by atoms with Crippen LogP contribution in [0.15, 0.2) is 18.2 Å². The number of nitrogens with one attached hydrogen (secondary N) is 1. The number of rotatable bonds is 5. The van der Waals surface area contributed by atoms with Gasteiger partial charge in [0, 0.05) is 17.5 Å². The molecule has 0 bridgehead atoms. The molecule has 3 rings (SSSR count). The molecule has 3 heteroatoms. The lowest BCUT2D eigenvalue weighted by atomic mass is 10.1. The van der Waals surface area contributed by atoms with Crippen molar-refractivity contribution < 1.29 is 9.13 Å². The third-order valence-electron chi connectivity index (χ3n) is 3.70. The van der Waals surface area contributed by atoms with Crippen LogP contribution in [0.5, 0.6) is 5.75 Å². The molecule has 0 spiro atoms. The third kappa shape index (κ3) is 2.44. The molecule has 2 fully saturated rings. The Labute approximate surface area is 101 Å². The Morgan fingerprint density at radius 2 is 2.24 bits per heavy atom. The Kier molecular flexibility index (Phi) is 2.79. The van der Waals surface area contributed by atoms with Gasteiger partial charge in [0.2, 0.25) is 0 Å².